The molecule has 0 aliphatic carbocycles. The zero-order chi connectivity index (χ0) is 31.5. The predicted octanol–water partition coefficient (Wildman–Crippen LogP) is 3.74. The normalized spacial score (nSPS) is 13.7. The number of rotatable bonds is 12. The van der Waals surface area contributed by atoms with Crippen molar-refractivity contribution < 1.29 is 33.5 Å². The second-order valence-electron chi connectivity index (χ2n) is 11.1. The molecule has 234 valence electrons. The van der Waals surface area contributed by atoms with Gasteiger partial charge in [-0.1, -0.05) is 66.7 Å². The van der Waals surface area contributed by atoms with E-state index < -0.39 is 29.9 Å². The highest BCUT2D eigenvalue weighted by Gasteiger charge is 2.28. The fourth-order valence-electron chi connectivity index (χ4n) is 4.42. The zero-order valence-corrected chi connectivity index (χ0v) is 25.1. The highest BCUT2D eigenvalue weighted by atomic mass is 16.7. The van der Waals surface area contributed by atoms with E-state index in [9.17, 15) is 9.59 Å². The summed E-state index contributed by atoms with van der Waals surface area (Å²) < 4.78 is 16.9. The molecule has 44 heavy (non-hydrogen) atoms. The number of benzene rings is 3. The Balaban J connectivity index is 1.28. The van der Waals surface area contributed by atoms with Gasteiger partial charge in [-0.25, -0.2) is 15.5 Å². The monoisotopic (exact) mass is 605 g/mol. The molecule has 1 atom stereocenters. The fraction of sp³-hybridized carbons (Fsp3) is 0.344. The molecule has 3 aromatic carbocycles. The molecule has 0 bridgehead atoms. The van der Waals surface area contributed by atoms with Gasteiger partial charge in [-0.05, 0) is 60.3 Å². The molecule has 12 nitrogen and oxygen atoms in total. The van der Waals surface area contributed by atoms with Gasteiger partial charge in [0.25, 0.3) is 0 Å². The summed E-state index contributed by atoms with van der Waals surface area (Å²) >= 11 is 0. The van der Waals surface area contributed by atoms with Crippen molar-refractivity contribution in [2.45, 2.75) is 51.7 Å². The van der Waals surface area contributed by atoms with Crippen LogP contribution < -0.4 is 21.7 Å². The van der Waals surface area contributed by atoms with Crippen molar-refractivity contribution in [1.29, 1.82) is 0 Å². The maximum atomic E-state index is 13.1. The first-order valence-corrected chi connectivity index (χ1v) is 14.2. The molecule has 0 spiro atoms. The molecule has 0 saturated carbocycles. The van der Waals surface area contributed by atoms with Crippen LogP contribution in [-0.4, -0.2) is 54.4 Å². The van der Waals surface area contributed by atoms with Crippen LogP contribution in [0.5, 0.6) is 5.75 Å². The van der Waals surface area contributed by atoms with Gasteiger partial charge in [-0.15, -0.1) is 0 Å². The molecule has 1 heterocycles. The summed E-state index contributed by atoms with van der Waals surface area (Å²) in [6.07, 6.45) is -2.32. The molecule has 1 aliphatic rings. The molecule has 5 N–H and O–H groups in total. The molecule has 0 radical (unpaired) electrons. The quantitative estimate of drug-likeness (QED) is 0.0912. The molecule has 0 unspecified atom stereocenters. The number of ether oxygens (including phenoxy) is 3. The third kappa shape index (κ3) is 9.35. The fourth-order valence-corrected chi connectivity index (χ4v) is 4.42. The minimum absolute atomic E-state index is 0.128. The van der Waals surface area contributed by atoms with E-state index in [1.807, 2.05) is 77.7 Å². The number of oxime groups is 1. The number of hydrogen-bond acceptors (Lipinski definition) is 9. The topological polar surface area (TPSA) is 160 Å². The number of hydrogen-bond donors (Lipinski definition) is 3. The third-order valence-electron chi connectivity index (χ3n) is 6.51. The Hall–Kier alpha value is -4.81. The summed E-state index contributed by atoms with van der Waals surface area (Å²) in [5.41, 5.74) is 9.20. The van der Waals surface area contributed by atoms with Gasteiger partial charge in [-0.3, -0.25) is 4.84 Å². The third-order valence-corrected chi connectivity index (χ3v) is 6.51. The van der Waals surface area contributed by atoms with Gasteiger partial charge in [0.1, 0.15) is 24.6 Å². The van der Waals surface area contributed by atoms with Gasteiger partial charge in [0.15, 0.2) is 6.10 Å². The summed E-state index contributed by atoms with van der Waals surface area (Å²) in [6.45, 7) is 6.57. The number of nitrogens with zero attached hydrogens (tertiary/aromatic N) is 2. The molecule has 0 saturated heterocycles. The Morgan fingerprint density at radius 1 is 0.955 bits per heavy atom. The minimum Gasteiger partial charge on any atom is -0.490 e. The second-order valence-corrected chi connectivity index (χ2v) is 11.1. The van der Waals surface area contributed by atoms with Crippen LogP contribution in [0, 0.1) is 0 Å². The summed E-state index contributed by atoms with van der Waals surface area (Å²) in [7, 11) is 0. The van der Waals surface area contributed by atoms with Crippen molar-refractivity contribution in [2.24, 2.45) is 16.8 Å². The summed E-state index contributed by atoms with van der Waals surface area (Å²) in [5, 5.41) is 6.54. The number of esters is 1. The molecule has 12 heteroatoms. The van der Waals surface area contributed by atoms with Crippen molar-refractivity contribution in [1.82, 2.24) is 10.2 Å². The predicted molar refractivity (Wildman–Crippen MR) is 163 cm³/mol. The number of fused-ring (bicyclic) bond motifs is 1. The summed E-state index contributed by atoms with van der Waals surface area (Å²) in [4.78, 5) is 36.8. The Bertz CT molecular complexity index is 1370. The molecular weight excluding hydrogens is 566 g/mol. The van der Waals surface area contributed by atoms with Crippen molar-refractivity contribution >= 4 is 18.0 Å². The molecule has 1 aliphatic heterocycles. The first-order valence-electron chi connectivity index (χ1n) is 14.2. The Morgan fingerprint density at radius 2 is 1.59 bits per heavy atom. The van der Waals surface area contributed by atoms with Gasteiger partial charge in [0, 0.05) is 13.1 Å². The van der Waals surface area contributed by atoms with E-state index in [-0.39, 0.29) is 25.7 Å². The van der Waals surface area contributed by atoms with Gasteiger partial charge in [0.05, 0.1) is 6.54 Å². The first-order chi connectivity index (χ1) is 21.1. The lowest BCUT2D eigenvalue weighted by atomic mass is 10.0. The Kier molecular flexibility index (Phi) is 11.0. The van der Waals surface area contributed by atoms with Crippen LogP contribution in [0.4, 0.5) is 4.79 Å². The average molecular weight is 606 g/mol. The smallest absolute Gasteiger partial charge is 0.407 e. The van der Waals surface area contributed by atoms with E-state index in [2.05, 4.69) is 10.5 Å². The van der Waals surface area contributed by atoms with Crippen LogP contribution in [-0.2, 0) is 37.0 Å². The van der Waals surface area contributed by atoms with Crippen LogP contribution in [0.15, 0.2) is 84.0 Å². The van der Waals surface area contributed by atoms with Gasteiger partial charge < -0.3 is 35.0 Å². The highest BCUT2D eigenvalue weighted by Crippen LogP contribution is 2.28. The number of amides is 1. The van der Waals surface area contributed by atoms with Crippen molar-refractivity contribution in [3.8, 4) is 5.75 Å². The first kappa shape index (κ1) is 32.1. The van der Waals surface area contributed by atoms with Crippen molar-refractivity contribution in [3.63, 3.8) is 0 Å². The SMILES string of the molecule is CC(C)(C)OC(=O)NCCO/N=C(\N)N1Cc2ccc(OC[C@H](ON)C(=O)OC(c3ccccc3)c3ccccc3)cc2C1. The van der Waals surface area contributed by atoms with Crippen molar-refractivity contribution in [2.75, 3.05) is 19.8 Å². The van der Waals surface area contributed by atoms with Crippen LogP contribution in [0.1, 0.15) is 49.1 Å². The number of nitrogens with one attached hydrogen (secondary N) is 1. The molecule has 0 aromatic heterocycles. The molecular formula is C32H39N5O7. The number of guanidine groups is 1. The van der Waals surface area contributed by atoms with Crippen LogP contribution >= 0.6 is 0 Å². The second kappa shape index (κ2) is 15.1. The van der Waals surface area contributed by atoms with Crippen LogP contribution in [0.25, 0.3) is 0 Å². The van der Waals surface area contributed by atoms with E-state index in [4.69, 9.17) is 35.5 Å². The van der Waals surface area contributed by atoms with E-state index in [0.29, 0.717) is 18.8 Å². The minimum atomic E-state index is -1.15. The lowest BCUT2D eigenvalue weighted by molar-refractivity contribution is -0.163. The summed E-state index contributed by atoms with van der Waals surface area (Å²) in [5.74, 6) is 5.56. The van der Waals surface area contributed by atoms with E-state index in [1.165, 1.54) is 0 Å². The van der Waals surface area contributed by atoms with E-state index in [0.717, 1.165) is 22.3 Å². The molecule has 1 amide bonds. The number of carbonyl (C=O) groups excluding carboxylic acids is 2. The number of alkyl carbamates (subject to hydrolysis) is 1. The molecule has 0 fully saturated rings. The lowest BCUT2D eigenvalue weighted by Crippen LogP contribution is -2.35. The lowest BCUT2D eigenvalue weighted by Gasteiger charge is -2.22. The maximum absolute atomic E-state index is 13.1. The van der Waals surface area contributed by atoms with E-state index >= 15 is 0 Å². The largest absolute Gasteiger partial charge is 0.490 e. The Morgan fingerprint density at radius 3 is 2.20 bits per heavy atom. The maximum Gasteiger partial charge on any atom is 0.407 e. The number of nitrogens with two attached hydrogens (primary N) is 2. The zero-order valence-electron chi connectivity index (χ0n) is 25.1. The number of carbonyl (C=O) groups is 2. The van der Waals surface area contributed by atoms with Crippen LogP contribution in [0.3, 0.4) is 0 Å². The van der Waals surface area contributed by atoms with Gasteiger partial charge in [-0.2, -0.15) is 0 Å². The van der Waals surface area contributed by atoms with Crippen LogP contribution in [0.2, 0.25) is 0 Å². The molecule has 4 rings (SSSR count). The standard InChI is InChI=1S/C32H39N5O7/c1-32(2,3)43-31(39)35-16-17-41-36-30(33)37-19-24-14-15-26(18-25(24)20-37)40-21-27(44-34)29(38)42-28(22-10-6-4-7-11-22)23-12-8-5-9-13-23/h4-15,18,27-28H,16-17,19-21,34H2,1-3H3,(H2,33,36)(H,35,39)/t27-/m0/s1. The molecule has 3 aromatic rings. The van der Waals surface area contributed by atoms with Gasteiger partial charge >= 0.3 is 12.1 Å². The van der Waals surface area contributed by atoms with E-state index in [1.54, 1.807) is 26.8 Å². The van der Waals surface area contributed by atoms with Crippen molar-refractivity contribution in [3.05, 3.63) is 101 Å². The van der Waals surface area contributed by atoms with Gasteiger partial charge in [0.2, 0.25) is 12.1 Å². The Labute approximate surface area is 256 Å². The highest BCUT2D eigenvalue weighted by molar-refractivity contribution is 5.78. The average Bonchev–Trinajstić information content (AvgIpc) is 3.44. The summed E-state index contributed by atoms with van der Waals surface area (Å²) in [6, 6.07) is 24.5.